The Kier molecular flexibility index (Phi) is 6.52. The van der Waals surface area contributed by atoms with Crippen LogP contribution in [0.25, 0.3) is 0 Å². The Balaban J connectivity index is 0.00000220. The first-order chi connectivity index (χ1) is 9.40. The minimum atomic E-state index is -3.93. The van der Waals surface area contributed by atoms with Crippen LogP contribution in [-0.4, -0.2) is 28.1 Å². The van der Waals surface area contributed by atoms with Gasteiger partial charge in [0.05, 0.1) is 0 Å². The highest BCUT2D eigenvalue weighted by Crippen LogP contribution is 2.19. The number of halogens is 3. The standard InChI is InChI=1S/C13H18F2N2O2S.ClH/c1-9-6-13(12(15)7-11(9)14)20(18,19)17-5-3-10-2-4-16-8-10;/h6-7,10,16-17H,2-5,8H2,1H3;1H. The van der Waals surface area contributed by atoms with Crippen molar-refractivity contribution in [3.05, 3.63) is 29.3 Å². The van der Waals surface area contributed by atoms with Gasteiger partial charge in [0.15, 0.2) is 0 Å². The van der Waals surface area contributed by atoms with Crippen molar-refractivity contribution >= 4 is 22.4 Å². The Morgan fingerprint density at radius 2 is 2.05 bits per heavy atom. The number of nitrogens with one attached hydrogen (secondary N) is 2. The Morgan fingerprint density at radius 3 is 2.67 bits per heavy atom. The second-order valence-corrected chi connectivity index (χ2v) is 6.81. The summed E-state index contributed by atoms with van der Waals surface area (Å²) < 4.78 is 53.1. The van der Waals surface area contributed by atoms with E-state index in [1.54, 1.807) is 0 Å². The third-order valence-electron chi connectivity index (χ3n) is 3.51. The molecule has 0 spiro atoms. The Labute approximate surface area is 129 Å². The van der Waals surface area contributed by atoms with Crippen molar-refractivity contribution in [3.8, 4) is 0 Å². The van der Waals surface area contributed by atoms with E-state index in [0.717, 1.165) is 25.6 Å². The fourth-order valence-electron chi connectivity index (χ4n) is 2.27. The third-order valence-corrected chi connectivity index (χ3v) is 4.99. The van der Waals surface area contributed by atoms with Gasteiger partial charge in [-0.15, -0.1) is 12.4 Å². The highest BCUT2D eigenvalue weighted by molar-refractivity contribution is 7.89. The van der Waals surface area contributed by atoms with Crippen LogP contribution in [-0.2, 0) is 10.0 Å². The lowest BCUT2D eigenvalue weighted by Gasteiger charge is -2.11. The summed E-state index contributed by atoms with van der Waals surface area (Å²) >= 11 is 0. The van der Waals surface area contributed by atoms with E-state index in [1.807, 2.05) is 0 Å². The smallest absolute Gasteiger partial charge is 0.243 e. The van der Waals surface area contributed by atoms with Gasteiger partial charge in [-0.2, -0.15) is 0 Å². The molecule has 21 heavy (non-hydrogen) atoms. The predicted molar refractivity (Wildman–Crippen MR) is 79.1 cm³/mol. The van der Waals surface area contributed by atoms with E-state index in [1.165, 1.54) is 6.92 Å². The van der Waals surface area contributed by atoms with Crippen LogP contribution in [0.1, 0.15) is 18.4 Å². The van der Waals surface area contributed by atoms with Crippen molar-refractivity contribution in [3.63, 3.8) is 0 Å². The van der Waals surface area contributed by atoms with Crippen molar-refractivity contribution in [2.75, 3.05) is 19.6 Å². The maximum atomic E-state index is 13.6. The van der Waals surface area contributed by atoms with Crippen LogP contribution in [0.4, 0.5) is 8.78 Å². The maximum absolute atomic E-state index is 13.6. The zero-order valence-electron chi connectivity index (χ0n) is 11.7. The molecule has 4 nitrogen and oxygen atoms in total. The van der Waals surface area contributed by atoms with Crippen LogP contribution < -0.4 is 10.0 Å². The molecule has 1 aromatic rings. The second-order valence-electron chi connectivity index (χ2n) is 5.08. The highest BCUT2D eigenvalue weighted by Gasteiger charge is 2.21. The van der Waals surface area contributed by atoms with E-state index < -0.39 is 26.6 Å². The summed E-state index contributed by atoms with van der Waals surface area (Å²) in [5.74, 6) is -1.38. The van der Waals surface area contributed by atoms with Crippen molar-refractivity contribution in [2.45, 2.75) is 24.7 Å². The lowest BCUT2D eigenvalue weighted by Crippen LogP contribution is -2.27. The lowest BCUT2D eigenvalue weighted by molar-refractivity contribution is 0.513. The van der Waals surface area contributed by atoms with Gasteiger partial charge in [-0.25, -0.2) is 21.9 Å². The van der Waals surface area contributed by atoms with Gasteiger partial charge in [0, 0.05) is 12.6 Å². The zero-order valence-corrected chi connectivity index (χ0v) is 13.3. The summed E-state index contributed by atoms with van der Waals surface area (Å²) in [6.45, 7) is 3.48. The summed E-state index contributed by atoms with van der Waals surface area (Å²) in [5.41, 5.74) is 0.103. The topological polar surface area (TPSA) is 58.2 Å². The van der Waals surface area contributed by atoms with E-state index in [9.17, 15) is 17.2 Å². The highest BCUT2D eigenvalue weighted by atomic mass is 35.5. The molecule has 0 amide bonds. The van der Waals surface area contributed by atoms with Gasteiger partial charge in [0.2, 0.25) is 10.0 Å². The monoisotopic (exact) mass is 340 g/mol. The molecule has 0 saturated carbocycles. The third kappa shape index (κ3) is 4.60. The molecule has 0 aromatic heterocycles. The Bertz CT molecular complexity index is 590. The van der Waals surface area contributed by atoms with Crippen molar-refractivity contribution in [1.82, 2.24) is 10.0 Å². The number of benzene rings is 1. The summed E-state index contributed by atoms with van der Waals surface area (Å²) in [4.78, 5) is -0.499. The largest absolute Gasteiger partial charge is 0.316 e. The van der Waals surface area contributed by atoms with Crippen molar-refractivity contribution < 1.29 is 17.2 Å². The minimum Gasteiger partial charge on any atom is -0.316 e. The normalized spacial score (nSPS) is 18.5. The van der Waals surface area contributed by atoms with Crippen molar-refractivity contribution in [2.24, 2.45) is 5.92 Å². The number of rotatable bonds is 5. The Hall–Kier alpha value is -0.760. The SMILES string of the molecule is Cc1cc(S(=O)(=O)NCCC2CCNC2)c(F)cc1F.Cl. The number of aryl methyl sites for hydroxylation is 1. The molecule has 1 atom stereocenters. The summed E-state index contributed by atoms with van der Waals surface area (Å²) in [7, 11) is -3.93. The minimum absolute atomic E-state index is 0. The molecule has 1 aliphatic rings. The lowest BCUT2D eigenvalue weighted by atomic mass is 10.1. The molecule has 1 fully saturated rings. The number of hydrogen-bond acceptors (Lipinski definition) is 3. The molecule has 1 heterocycles. The van der Waals surface area contributed by atoms with Crippen LogP contribution >= 0.6 is 12.4 Å². The van der Waals surface area contributed by atoms with Crippen LogP contribution in [0.5, 0.6) is 0 Å². The molecular formula is C13H19ClF2N2O2S. The van der Waals surface area contributed by atoms with E-state index in [0.29, 0.717) is 18.4 Å². The fourth-order valence-corrected chi connectivity index (χ4v) is 3.46. The van der Waals surface area contributed by atoms with Gasteiger partial charge < -0.3 is 5.32 Å². The average molecular weight is 341 g/mol. The molecule has 2 rings (SSSR count). The number of sulfonamides is 1. The van der Waals surface area contributed by atoms with E-state index in [4.69, 9.17) is 0 Å². The molecule has 0 aliphatic carbocycles. The molecular weight excluding hydrogens is 322 g/mol. The summed E-state index contributed by atoms with van der Waals surface area (Å²) in [5, 5.41) is 3.20. The average Bonchev–Trinajstić information content (AvgIpc) is 2.86. The molecule has 1 unspecified atom stereocenters. The summed E-state index contributed by atoms with van der Waals surface area (Å²) in [6, 6.07) is 1.62. The van der Waals surface area contributed by atoms with Crippen LogP contribution in [0.3, 0.4) is 0 Å². The van der Waals surface area contributed by atoms with Crippen molar-refractivity contribution in [1.29, 1.82) is 0 Å². The molecule has 0 radical (unpaired) electrons. The van der Waals surface area contributed by atoms with Gasteiger partial charge in [-0.1, -0.05) is 0 Å². The molecule has 1 aromatic carbocycles. The molecule has 8 heteroatoms. The van der Waals surface area contributed by atoms with Crippen LogP contribution in [0, 0.1) is 24.5 Å². The molecule has 1 aliphatic heterocycles. The fraction of sp³-hybridized carbons (Fsp3) is 0.538. The molecule has 0 bridgehead atoms. The first kappa shape index (κ1) is 18.3. The summed E-state index contributed by atoms with van der Waals surface area (Å²) in [6.07, 6.45) is 1.72. The van der Waals surface area contributed by atoms with E-state index >= 15 is 0 Å². The molecule has 1 saturated heterocycles. The molecule has 120 valence electrons. The van der Waals surface area contributed by atoms with E-state index in [-0.39, 0.29) is 24.5 Å². The first-order valence-corrected chi connectivity index (χ1v) is 8.04. The second kappa shape index (κ2) is 7.49. The predicted octanol–water partition coefficient (Wildman–Crippen LogP) is 1.97. The van der Waals surface area contributed by atoms with Gasteiger partial charge in [-0.3, -0.25) is 0 Å². The van der Waals surface area contributed by atoms with Gasteiger partial charge in [0.25, 0.3) is 0 Å². The van der Waals surface area contributed by atoms with Gasteiger partial charge in [-0.05, 0) is 50.4 Å². The Morgan fingerprint density at radius 1 is 1.33 bits per heavy atom. The molecule has 2 N–H and O–H groups in total. The van der Waals surface area contributed by atoms with Crippen LogP contribution in [0.15, 0.2) is 17.0 Å². The van der Waals surface area contributed by atoms with E-state index in [2.05, 4.69) is 10.0 Å². The first-order valence-electron chi connectivity index (χ1n) is 6.56. The number of hydrogen-bond donors (Lipinski definition) is 2. The zero-order chi connectivity index (χ0) is 14.8. The van der Waals surface area contributed by atoms with Gasteiger partial charge >= 0.3 is 0 Å². The maximum Gasteiger partial charge on any atom is 0.243 e. The quantitative estimate of drug-likeness (QED) is 0.861. The van der Waals surface area contributed by atoms with Crippen LogP contribution in [0.2, 0.25) is 0 Å². The van der Waals surface area contributed by atoms with Gasteiger partial charge in [0.1, 0.15) is 16.5 Å².